The van der Waals surface area contributed by atoms with Crippen LogP contribution in [-0.4, -0.2) is 41.7 Å². The van der Waals surface area contributed by atoms with E-state index in [4.69, 9.17) is 0 Å². The largest absolute Gasteiger partial charge is 0.392 e. The molecule has 0 aromatic heterocycles. The summed E-state index contributed by atoms with van der Waals surface area (Å²) in [5.74, 6) is -0.00889. The minimum atomic E-state index is -0.391. The normalized spacial score (nSPS) is 25.9. The highest BCUT2D eigenvalue weighted by molar-refractivity contribution is 5.82. The van der Waals surface area contributed by atoms with E-state index in [0.29, 0.717) is 13.0 Å². The van der Waals surface area contributed by atoms with Crippen LogP contribution >= 0.6 is 0 Å². The Hall–Kier alpha value is -1.39. The number of aliphatic hydroxyl groups excluding tert-OH is 1. The average Bonchev–Trinajstić information content (AvgIpc) is 2.69. The van der Waals surface area contributed by atoms with E-state index in [0.717, 1.165) is 5.56 Å². The Labute approximate surface area is 108 Å². The molecule has 1 heterocycles. The Kier molecular flexibility index (Phi) is 3.99. The van der Waals surface area contributed by atoms with E-state index >= 15 is 0 Å². The molecule has 1 aromatic carbocycles. The molecule has 98 valence electrons. The van der Waals surface area contributed by atoms with Gasteiger partial charge in [0.05, 0.1) is 18.2 Å². The number of amides is 1. The number of likely N-dealkylation sites (tertiary alicyclic amines) is 1. The zero-order valence-corrected chi connectivity index (χ0v) is 10.8. The fourth-order valence-corrected chi connectivity index (χ4v) is 2.41. The molecule has 2 N–H and O–H groups in total. The van der Waals surface area contributed by atoms with Crippen LogP contribution in [0, 0.1) is 0 Å². The fourth-order valence-electron chi connectivity index (χ4n) is 2.41. The Bertz CT molecular complexity index is 408. The lowest BCUT2D eigenvalue weighted by atomic mass is 10.1. The summed E-state index contributed by atoms with van der Waals surface area (Å²) in [5.41, 5.74) is 1.09. The highest BCUT2D eigenvalue weighted by Crippen LogP contribution is 2.18. The van der Waals surface area contributed by atoms with Gasteiger partial charge in [-0.15, -0.1) is 0 Å². The summed E-state index contributed by atoms with van der Waals surface area (Å²) in [6, 6.07) is 9.65. The lowest BCUT2D eigenvalue weighted by molar-refractivity contribution is -0.125. The predicted molar refractivity (Wildman–Crippen MR) is 70.0 cm³/mol. The van der Waals surface area contributed by atoms with Crippen molar-refractivity contribution in [3.8, 4) is 0 Å². The predicted octanol–water partition coefficient (Wildman–Crippen LogP) is 0.929. The van der Waals surface area contributed by atoms with Crippen LogP contribution in [0.1, 0.15) is 24.9 Å². The van der Waals surface area contributed by atoms with E-state index in [1.165, 1.54) is 0 Å². The van der Waals surface area contributed by atoms with Crippen LogP contribution in [0.2, 0.25) is 0 Å². The molecule has 4 heteroatoms. The van der Waals surface area contributed by atoms with E-state index < -0.39 is 6.10 Å². The van der Waals surface area contributed by atoms with Crippen molar-refractivity contribution in [1.29, 1.82) is 0 Å². The van der Waals surface area contributed by atoms with Crippen molar-refractivity contribution in [2.24, 2.45) is 0 Å². The van der Waals surface area contributed by atoms with E-state index in [9.17, 15) is 9.90 Å². The van der Waals surface area contributed by atoms with Crippen LogP contribution in [0.5, 0.6) is 0 Å². The Morgan fingerprint density at radius 1 is 1.44 bits per heavy atom. The number of aliphatic hydroxyl groups is 1. The second-order valence-corrected chi connectivity index (χ2v) is 4.99. The zero-order chi connectivity index (χ0) is 13.1. The standard InChI is InChI=1S/C14H20N2O2/c1-10(11-6-4-3-5-7-11)15-14(18)13-8-12(17)9-16(13)2/h3-7,10,12-13,17H,8-9H2,1-2H3,(H,15,18). The molecule has 0 radical (unpaired) electrons. The maximum absolute atomic E-state index is 12.1. The molecule has 0 bridgehead atoms. The minimum absolute atomic E-state index is 0.00889. The van der Waals surface area contributed by atoms with E-state index in [1.807, 2.05) is 49.2 Å². The number of nitrogens with zero attached hydrogens (tertiary/aromatic N) is 1. The molecular weight excluding hydrogens is 228 g/mol. The van der Waals surface area contributed by atoms with Gasteiger partial charge >= 0.3 is 0 Å². The van der Waals surface area contributed by atoms with Crippen LogP contribution < -0.4 is 5.32 Å². The number of rotatable bonds is 3. The van der Waals surface area contributed by atoms with Gasteiger partial charge in [-0.25, -0.2) is 0 Å². The summed E-state index contributed by atoms with van der Waals surface area (Å²) in [4.78, 5) is 14.0. The number of carbonyl (C=O) groups is 1. The van der Waals surface area contributed by atoms with Crippen LogP contribution in [0.15, 0.2) is 30.3 Å². The summed E-state index contributed by atoms with van der Waals surface area (Å²) in [6.07, 6.45) is 0.127. The van der Waals surface area contributed by atoms with Crippen LogP contribution in [0.4, 0.5) is 0 Å². The highest BCUT2D eigenvalue weighted by Gasteiger charge is 2.33. The molecule has 2 rings (SSSR count). The van der Waals surface area contributed by atoms with Crippen molar-refractivity contribution < 1.29 is 9.90 Å². The van der Waals surface area contributed by atoms with Gasteiger partial charge in [-0.1, -0.05) is 30.3 Å². The number of benzene rings is 1. The Balaban J connectivity index is 1.95. The van der Waals surface area contributed by atoms with Crippen molar-refractivity contribution in [2.45, 2.75) is 31.5 Å². The molecule has 1 aliphatic heterocycles. The first-order valence-corrected chi connectivity index (χ1v) is 6.31. The molecule has 3 atom stereocenters. The number of hydrogen-bond acceptors (Lipinski definition) is 3. The quantitative estimate of drug-likeness (QED) is 0.836. The third-order valence-corrected chi connectivity index (χ3v) is 3.49. The summed E-state index contributed by atoms with van der Waals surface area (Å²) in [6.45, 7) is 2.54. The van der Waals surface area contributed by atoms with Gasteiger partial charge in [0, 0.05) is 6.54 Å². The third-order valence-electron chi connectivity index (χ3n) is 3.49. The van der Waals surface area contributed by atoms with Crippen molar-refractivity contribution >= 4 is 5.91 Å². The zero-order valence-electron chi connectivity index (χ0n) is 10.8. The SMILES string of the molecule is CC(NC(=O)C1CC(O)CN1C)c1ccccc1. The lowest BCUT2D eigenvalue weighted by Gasteiger charge is -2.21. The third kappa shape index (κ3) is 2.89. The monoisotopic (exact) mass is 248 g/mol. The first kappa shape index (κ1) is 13.1. The molecule has 3 unspecified atom stereocenters. The maximum Gasteiger partial charge on any atom is 0.237 e. The second kappa shape index (κ2) is 5.50. The molecule has 1 saturated heterocycles. The first-order valence-electron chi connectivity index (χ1n) is 6.31. The number of nitrogens with one attached hydrogen (secondary N) is 1. The van der Waals surface area contributed by atoms with Crippen LogP contribution in [-0.2, 0) is 4.79 Å². The van der Waals surface area contributed by atoms with Crippen molar-refractivity contribution in [1.82, 2.24) is 10.2 Å². The molecular formula is C14H20N2O2. The van der Waals surface area contributed by atoms with Gasteiger partial charge in [-0.2, -0.15) is 0 Å². The summed E-state index contributed by atoms with van der Waals surface area (Å²) in [5, 5.41) is 12.5. The first-order chi connectivity index (χ1) is 8.58. The summed E-state index contributed by atoms with van der Waals surface area (Å²) >= 11 is 0. The topological polar surface area (TPSA) is 52.6 Å². The van der Waals surface area contributed by atoms with Gasteiger partial charge in [-0.3, -0.25) is 9.69 Å². The van der Waals surface area contributed by atoms with Gasteiger partial charge in [-0.05, 0) is 26.0 Å². The molecule has 1 aromatic rings. The molecule has 0 saturated carbocycles. The molecule has 18 heavy (non-hydrogen) atoms. The van der Waals surface area contributed by atoms with E-state index in [2.05, 4.69) is 5.32 Å². The van der Waals surface area contributed by atoms with Gasteiger partial charge < -0.3 is 10.4 Å². The van der Waals surface area contributed by atoms with E-state index in [1.54, 1.807) is 0 Å². The summed E-state index contributed by atoms with van der Waals surface area (Å²) < 4.78 is 0. The average molecular weight is 248 g/mol. The van der Waals surface area contributed by atoms with Gasteiger partial charge in [0.25, 0.3) is 0 Å². The molecule has 1 fully saturated rings. The van der Waals surface area contributed by atoms with Crippen molar-refractivity contribution in [3.05, 3.63) is 35.9 Å². The van der Waals surface area contributed by atoms with Crippen LogP contribution in [0.3, 0.4) is 0 Å². The maximum atomic E-state index is 12.1. The molecule has 4 nitrogen and oxygen atoms in total. The number of β-amino-alcohol motifs (C(OH)–C–C–N with tert-alkyl or cyclic N) is 1. The highest BCUT2D eigenvalue weighted by atomic mass is 16.3. The Morgan fingerprint density at radius 3 is 2.67 bits per heavy atom. The molecule has 1 aliphatic rings. The molecule has 1 amide bonds. The molecule has 0 aliphatic carbocycles. The van der Waals surface area contributed by atoms with Crippen molar-refractivity contribution in [2.75, 3.05) is 13.6 Å². The van der Waals surface area contributed by atoms with Crippen LogP contribution in [0.25, 0.3) is 0 Å². The van der Waals surface area contributed by atoms with Gasteiger partial charge in [0.15, 0.2) is 0 Å². The smallest absolute Gasteiger partial charge is 0.237 e. The number of likely N-dealkylation sites (N-methyl/N-ethyl adjacent to an activating group) is 1. The van der Waals surface area contributed by atoms with Gasteiger partial charge in [0.1, 0.15) is 0 Å². The van der Waals surface area contributed by atoms with Gasteiger partial charge in [0.2, 0.25) is 5.91 Å². The lowest BCUT2D eigenvalue weighted by Crippen LogP contribution is -2.42. The fraction of sp³-hybridized carbons (Fsp3) is 0.500. The van der Waals surface area contributed by atoms with Crippen molar-refractivity contribution in [3.63, 3.8) is 0 Å². The van der Waals surface area contributed by atoms with E-state index in [-0.39, 0.29) is 18.0 Å². The summed E-state index contributed by atoms with van der Waals surface area (Å²) in [7, 11) is 1.87. The number of carbonyl (C=O) groups excluding carboxylic acids is 1. The minimum Gasteiger partial charge on any atom is -0.392 e. The Morgan fingerprint density at radius 2 is 2.11 bits per heavy atom. The second-order valence-electron chi connectivity index (χ2n) is 4.99. The number of hydrogen-bond donors (Lipinski definition) is 2. The molecule has 0 spiro atoms.